The van der Waals surface area contributed by atoms with Crippen molar-refractivity contribution in [3.63, 3.8) is 0 Å². The lowest BCUT2D eigenvalue weighted by Crippen LogP contribution is -2.42. The first-order valence-corrected chi connectivity index (χ1v) is 14.2. The molecular formula is C26H51BrO2. The highest BCUT2D eigenvalue weighted by Gasteiger charge is 2.35. The van der Waals surface area contributed by atoms with Gasteiger partial charge in [0, 0.05) is 17.2 Å². The Morgan fingerprint density at radius 3 is 1.38 bits per heavy atom. The van der Waals surface area contributed by atoms with E-state index in [4.69, 9.17) is 9.47 Å². The number of hydrogen-bond acceptors (Lipinski definition) is 2. The van der Waals surface area contributed by atoms with E-state index in [-0.39, 0.29) is 11.7 Å². The molecule has 2 nitrogen and oxygen atoms in total. The van der Waals surface area contributed by atoms with E-state index in [9.17, 15) is 0 Å². The van der Waals surface area contributed by atoms with Gasteiger partial charge in [-0.25, -0.2) is 0 Å². The van der Waals surface area contributed by atoms with E-state index in [1.54, 1.807) is 0 Å². The maximum absolute atomic E-state index is 6.13. The molecule has 1 saturated heterocycles. The second-order valence-electron chi connectivity index (χ2n) is 9.48. The van der Waals surface area contributed by atoms with Gasteiger partial charge in [-0.15, -0.1) is 0 Å². The number of hydrogen-bond donors (Lipinski definition) is 0. The molecule has 0 amide bonds. The van der Waals surface area contributed by atoms with Crippen LogP contribution in [0.5, 0.6) is 0 Å². The van der Waals surface area contributed by atoms with Crippen molar-refractivity contribution in [2.24, 2.45) is 5.41 Å². The summed E-state index contributed by atoms with van der Waals surface area (Å²) in [6.45, 7) is 6.42. The van der Waals surface area contributed by atoms with Crippen molar-refractivity contribution >= 4 is 15.9 Å². The minimum absolute atomic E-state index is 0.0135. The van der Waals surface area contributed by atoms with Gasteiger partial charge in [0.1, 0.15) is 0 Å². The molecule has 0 atom stereocenters. The lowest BCUT2D eigenvalue weighted by molar-refractivity contribution is -0.233. The van der Waals surface area contributed by atoms with Gasteiger partial charge in [0.15, 0.2) is 6.29 Å². The van der Waals surface area contributed by atoms with Crippen LogP contribution in [0.1, 0.15) is 136 Å². The maximum Gasteiger partial charge on any atom is 0.158 e. The lowest BCUT2D eigenvalue weighted by atomic mass is 9.78. The van der Waals surface area contributed by atoms with Crippen molar-refractivity contribution in [3.8, 4) is 0 Å². The zero-order valence-electron chi connectivity index (χ0n) is 19.8. The number of halogens is 1. The van der Waals surface area contributed by atoms with Gasteiger partial charge in [0.2, 0.25) is 0 Å². The summed E-state index contributed by atoms with van der Waals surface area (Å²) in [6, 6.07) is 0. The summed E-state index contributed by atoms with van der Waals surface area (Å²) in [5, 5.41) is 0.959. The molecule has 174 valence electrons. The minimum atomic E-state index is 0.0135. The van der Waals surface area contributed by atoms with Gasteiger partial charge in [-0.05, 0) is 12.8 Å². The van der Waals surface area contributed by atoms with Crippen molar-refractivity contribution in [2.45, 2.75) is 142 Å². The summed E-state index contributed by atoms with van der Waals surface area (Å²) in [5.41, 5.74) is 0.285. The average molecular weight is 476 g/mol. The van der Waals surface area contributed by atoms with Crippen LogP contribution >= 0.6 is 15.9 Å². The minimum Gasteiger partial charge on any atom is -0.352 e. The van der Waals surface area contributed by atoms with Crippen molar-refractivity contribution in [1.82, 2.24) is 0 Å². The second kappa shape index (κ2) is 19.1. The Morgan fingerprint density at radius 2 is 1.00 bits per heavy atom. The molecule has 1 fully saturated rings. The van der Waals surface area contributed by atoms with Crippen LogP contribution in [0, 0.1) is 5.41 Å². The first-order chi connectivity index (χ1) is 14.3. The molecule has 1 aliphatic heterocycles. The van der Waals surface area contributed by atoms with Crippen LogP contribution in [-0.2, 0) is 9.47 Å². The number of alkyl halides is 1. The fraction of sp³-hybridized carbons (Fsp3) is 1.00. The largest absolute Gasteiger partial charge is 0.352 e. The molecule has 0 unspecified atom stereocenters. The Morgan fingerprint density at radius 1 is 0.621 bits per heavy atom. The summed E-state index contributed by atoms with van der Waals surface area (Å²) in [6.07, 6.45) is 25.9. The summed E-state index contributed by atoms with van der Waals surface area (Å²) >= 11 is 3.52. The summed E-state index contributed by atoms with van der Waals surface area (Å²) in [5.74, 6) is 0. The lowest BCUT2D eigenvalue weighted by Gasteiger charge is -2.40. The van der Waals surface area contributed by atoms with E-state index in [1.807, 2.05) is 0 Å². The summed E-state index contributed by atoms with van der Waals surface area (Å²) in [7, 11) is 0. The molecule has 0 aliphatic carbocycles. The third-order valence-electron chi connectivity index (χ3n) is 6.62. The van der Waals surface area contributed by atoms with Gasteiger partial charge in [0.25, 0.3) is 0 Å². The summed E-state index contributed by atoms with van der Waals surface area (Å²) < 4.78 is 12.3. The third-order valence-corrected chi connectivity index (χ3v) is 7.07. The Bertz CT molecular complexity index is 318. The van der Waals surface area contributed by atoms with E-state index in [0.717, 1.165) is 25.0 Å². The highest BCUT2D eigenvalue weighted by Crippen LogP contribution is 2.37. The van der Waals surface area contributed by atoms with Crippen molar-refractivity contribution < 1.29 is 9.47 Å². The predicted molar refractivity (Wildman–Crippen MR) is 131 cm³/mol. The van der Waals surface area contributed by atoms with Crippen LogP contribution < -0.4 is 0 Å². The number of rotatable bonds is 20. The van der Waals surface area contributed by atoms with Gasteiger partial charge >= 0.3 is 0 Å². The van der Waals surface area contributed by atoms with Crippen molar-refractivity contribution in [1.29, 1.82) is 0 Å². The molecule has 1 heterocycles. The molecule has 0 aromatic heterocycles. The SMILES string of the molecule is CCCCCCCCCCC1(CCCCCCCCCC)COC(CCBr)OC1. The molecular weight excluding hydrogens is 424 g/mol. The first kappa shape index (κ1) is 27.4. The molecule has 0 saturated carbocycles. The van der Waals surface area contributed by atoms with Gasteiger partial charge in [-0.1, -0.05) is 133 Å². The highest BCUT2D eigenvalue weighted by molar-refractivity contribution is 9.09. The monoisotopic (exact) mass is 474 g/mol. The molecule has 0 aromatic carbocycles. The Kier molecular flexibility index (Phi) is 18.1. The molecule has 0 bridgehead atoms. The van der Waals surface area contributed by atoms with Crippen LogP contribution in [0.4, 0.5) is 0 Å². The van der Waals surface area contributed by atoms with E-state index in [2.05, 4.69) is 29.8 Å². The maximum atomic E-state index is 6.13. The number of unbranched alkanes of at least 4 members (excludes halogenated alkanes) is 14. The van der Waals surface area contributed by atoms with E-state index in [0.29, 0.717) is 0 Å². The highest BCUT2D eigenvalue weighted by atomic mass is 79.9. The molecule has 0 radical (unpaired) electrons. The summed E-state index contributed by atoms with van der Waals surface area (Å²) in [4.78, 5) is 0. The van der Waals surface area contributed by atoms with E-state index in [1.165, 1.54) is 116 Å². The second-order valence-corrected chi connectivity index (χ2v) is 10.3. The topological polar surface area (TPSA) is 18.5 Å². The predicted octanol–water partition coefficient (Wildman–Crippen LogP) is 9.19. The van der Waals surface area contributed by atoms with Crippen LogP contribution in [-0.4, -0.2) is 24.8 Å². The Hall–Kier alpha value is 0.400. The Labute approximate surface area is 191 Å². The number of ether oxygens (including phenoxy) is 2. The molecule has 1 rings (SSSR count). The fourth-order valence-electron chi connectivity index (χ4n) is 4.57. The van der Waals surface area contributed by atoms with Crippen LogP contribution in [0.25, 0.3) is 0 Å². The van der Waals surface area contributed by atoms with Crippen LogP contribution in [0.2, 0.25) is 0 Å². The normalized spacial score (nSPS) is 17.1. The molecule has 29 heavy (non-hydrogen) atoms. The van der Waals surface area contributed by atoms with Crippen molar-refractivity contribution in [3.05, 3.63) is 0 Å². The van der Waals surface area contributed by atoms with Crippen molar-refractivity contribution in [2.75, 3.05) is 18.5 Å². The Balaban J connectivity index is 2.24. The molecule has 1 aliphatic rings. The fourth-order valence-corrected chi connectivity index (χ4v) is 4.94. The standard InChI is InChI=1S/C26H51BrO2/c1-3-5-7-9-11-13-15-17-20-26(23-28-25(19-22-27)29-24-26)21-18-16-14-12-10-8-6-4-2/h25H,3-24H2,1-2H3. The van der Waals surface area contributed by atoms with Gasteiger partial charge in [-0.3, -0.25) is 0 Å². The zero-order chi connectivity index (χ0) is 21.0. The average Bonchev–Trinajstić information content (AvgIpc) is 2.74. The molecule has 0 aromatic rings. The van der Waals surface area contributed by atoms with Gasteiger partial charge in [0.05, 0.1) is 13.2 Å². The smallest absolute Gasteiger partial charge is 0.158 e. The van der Waals surface area contributed by atoms with E-state index >= 15 is 0 Å². The van der Waals surface area contributed by atoms with Crippen LogP contribution in [0.3, 0.4) is 0 Å². The first-order valence-electron chi connectivity index (χ1n) is 13.1. The molecule has 0 N–H and O–H groups in total. The molecule has 3 heteroatoms. The van der Waals surface area contributed by atoms with Crippen LogP contribution in [0.15, 0.2) is 0 Å². The van der Waals surface area contributed by atoms with Gasteiger partial charge in [-0.2, -0.15) is 0 Å². The van der Waals surface area contributed by atoms with E-state index < -0.39 is 0 Å². The van der Waals surface area contributed by atoms with Gasteiger partial charge < -0.3 is 9.47 Å². The third kappa shape index (κ3) is 14.2. The quantitative estimate of drug-likeness (QED) is 0.129. The molecule has 0 spiro atoms. The zero-order valence-corrected chi connectivity index (χ0v) is 21.4.